The second-order valence-electron chi connectivity index (χ2n) is 7.30. The molecule has 3 heterocycles. The number of benzene rings is 2. The van der Waals surface area contributed by atoms with Crippen molar-refractivity contribution in [2.24, 2.45) is 0 Å². The van der Waals surface area contributed by atoms with E-state index in [0.717, 1.165) is 28.1 Å². The number of nitrogens with one attached hydrogen (secondary N) is 4. The zero-order valence-corrected chi connectivity index (χ0v) is 17.7. The number of anilines is 3. The number of aromatic nitrogens is 2. The van der Waals surface area contributed by atoms with Crippen LogP contribution in [0.5, 0.6) is 0 Å². The monoisotopic (exact) mass is 441 g/mol. The SMILES string of the molecule is O=C1Nc2ccc(Cc3ccc(NC(=O)c4cccs4)cc3)cc2/C1=C/Nc1cc[nH]n1. The summed E-state index contributed by atoms with van der Waals surface area (Å²) in [6.45, 7) is 0. The zero-order chi connectivity index (χ0) is 21.9. The molecule has 4 N–H and O–H groups in total. The molecule has 4 aromatic rings. The smallest absolute Gasteiger partial charge is 0.265 e. The van der Waals surface area contributed by atoms with Crippen LogP contribution in [0.25, 0.3) is 5.57 Å². The number of aromatic amines is 1. The van der Waals surface area contributed by atoms with E-state index in [1.165, 1.54) is 11.3 Å². The Morgan fingerprint density at radius 2 is 1.91 bits per heavy atom. The van der Waals surface area contributed by atoms with Crippen molar-refractivity contribution in [1.82, 2.24) is 10.2 Å². The van der Waals surface area contributed by atoms with Crippen molar-refractivity contribution >= 4 is 45.9 Å². The van der Waals surface area contributed by atoms with Gasteiger partial charge < -0.3 is 16.0 Å². The van der Waals surface area contributed by atoms with Gasteiger partial charge in [0.1, 0.15) is 0 Å². The summed E-state index contributed by atoms with van der Waals surface area (Å²) in [6.07, 6.45) is 4.09. The van der Waals surface area contributed by atoms with Crippen molar-refractivity contribution in [2.75, 3.05) is 16.0 Å². The van der Waals surface area contributed by atoms with E-state index in [0.29, 0.717) is 22.7 Å². The molecule has 32 heavy (non-hydrogen) atoms. The van der Waals surface area contributed by atoms with Crippen molar-refractivity contribution < 1.29 is 9.59 Å². The van der Waals surface area contributed by atoms with Gasteiger partial charge in [0, 0.05) is 35.4 Å². The molecule has 2 aromatic carbocycles. The largest absolute Gasteiger partial charge is 0.344 e. The number of H-pyrrole nitrogens is 1. The normalized spacial score (nSPS) is 13.6. The fraction of sp³-hybridized carbons (Fsp3) is 0.0417. The average Bonchev–Trinajstić information content (AvgIpc) is 3.55. The number of amides is 2. The van der Waals surface area contributed by atoms with E-state index in [4.69, 9.17) is 0 Å². The molecule has 158 valence electrons. The Morgan fingerprint density at radius 1 is 1.06 bits per heavy atom. The van der Waals surface area contributed by atoms with Gasteiger partial charge in [-0.3, -0.25) is 14.7 Å². The van der Waals surface area contributed by atoms with Crippen molar-refractivity contribution in [3.8, 4) is 0 Å². The fourth-order valence-electron chi connectivity index (χ4n) is 3.52. The van der Waals surface area contributed by atoms with E-state index in [1.54, 1.807) is 24.5 Å². The Balaban J connectivity index is 1.30. The summed E-state index contributed by atoms with van der Waals surface area (Å²) in [5.41, 5.74) is 5.16. The molecular weight excluding hydrogens is 422 g/mol. The number of carbonyl (C=O) groups excluding carboxylic acids is 2. The molecule has 0 unspecified atom stereocenters. The predicted molar refractivity (Wildman–Crippen MR) is 127 cm³/mol. The molecule has 7 nitrogen and oxygen atoms in total. The maximum atomic E-state index is 12.4. The summed E-state index contributed by atoms with van der Waals surface area (Å²) in [4.78, 5) is 25.3. The second-order valence-corrected chi connectivity index (χ2v) is 8.25. The minimum atomic E-state index is -0.147. The van der Waals surface area contributed by atoms with Gasteiger partial charge in [-0.1, -0.05) is 24.3 Å². The van der Waals surface area contributed by atoms with Gasteiger partial charge in [0.15, 0.2) is 5.82 Å². The molecule has 8 heteroatoms. The van der Waals surface area contributed by atoms with Gasteiger partial charge in [0.25, 0.3) is 11.8 Å². The Labute approximate surface area is 188 Å². The lowest BCUT2D eigenvalue weighted by molar-refractivity contribution is -0.110. The van der Waals surface area contributed by atoms with Crippen LogP contribution >= 0.6 is 11.3 Å². The predicted octanol–water partition coefficient (Wildman–Crippen LogP) is 4.72. The minimum absolute atomic E-state index is 0.105. The first-order valence-corrected chi connectivity index (χ1v) is 10.9. The maximum absolute atomic E-state index is 12.4. The molecule has 0 radical (unpaired) electrons. The third-order valence-electron chi connectivity index (χ3n) is 5.10. The highest BCUT2D eigenvalue weighted by Gasteiger charge is 2.24. The molecule has 0 aliphatic carbocycles. The van der Waals surface area contributed by atoms with Crippen molar-refractivity contribution in [2.45, 2.75) is 6.42 Å². The summed E-state index contributed by atoms with van der Waals surface area (Å²) in [7, 11) is 0. The van der Waals surface area contributed by atoms with Gasteiger partial charge in [-0.2, -0.15) is 5.10 Å². The zero-order valence-electron chi connectivity index (χ0n) is 16.9. The molecule has 0 atom stereocenters. The third-order valence-corrected chi connectivity index (χ3v) is 5.97. The Morgan fingerprint density at radius 3 is 2.66 bits per heavy atom. The van der Waals surface area contributed by atoms with E-state index in [-0.39, 0.29) is 11.8 Å². The molecule has 2 amide bonds. The van der Waals surface area contributed by atoms with E-state index in [1.807, 2.05) is 53.9 Å². The van der Waals surface area contributed by atoms with Gasteiger partial charge in [-0.15, -0.1) is 11.3 Å². The lowest BCUT2D eigenvalue weighted by atomic mass is 9.99. The van der Waals surface area contributed by atoms with Gasteiger partial charge in [0.2, 0.25) is 0 Å². The molecule has 0 fully saturated rings. The standard InChI is InChI=1S/C24H19N5O2S/c30-23-19(14-25-22-9-10-26-29-22)18-13-16(5-8-20(18)28-23)12-15-3-6-17(7-4-15)27-24(31)21-2-1-11-32-21/h1-11,13-14H,12H2,(H,27,31)(H,28,30)(H2,25,26,29)/b19-14-. The maximum Gasteiger partial charge on any atom is 0.265 e. The van der Waals surface area contributed by atoms with E-state index in [9.17, 15) is 9.59 Å². The van der Waals surface area contributed by atoms with Crippen molar-refractivity contribution in [3.63, 3.8) is 0 Å². The quantitative estimate of drug-likeness (QED) is 0.325. The van der Waals surface area contributed by atoms with Gasteiger partial charge in [-0.05, 0) is 53.3 Å². The van der Waals surface area contributed by atoms with Crippen LogP contribution in [0.1, 0.15) is 26.4 Å². The fourth-order valence-corrected chi connectivity index (χ4v) is 4.14. The van der Waals surface area contributed by atoms with Crippen LogP contribution in [0.2, 0.25) is 0 Å². The number of nitrogens with zero attached hydrogens (tertiary/aromatic N) is 1. The number of hydrogen-bond acceptors (Lipinski definition) is 5. The second kappa shape index (κ2) is 8.52. The average molecular weight is 442 g/mol. The number of hydrogen-bond donors (Lipinski definition) is 4. The highest BCUT2D eigenvalue weighted by Crippen LogP contribution is 2.33. The van der Waals surface area contributed by atoms with Crippen LogP contribution in [-0.4, -0.2) is 22.0 Å². The topological polar surface area (TPSA) is 98.9 Å². The van der Waals surface area contributed by atoms with Crippen LogP contribution < -0.4 is 16.0 Å². The summed E-state index contributed by atoms with van der Waals surface area (Å²) < 4.78 is 0. The molecule has 0 saturated heterocycles. The first kappa shape index (κ1) is 19.8. The first-order chi connectivity index (χ1) is 15.7. The first-order valence-electron chi connectivity index (χ1n) is 10.0. The molecule has 0 saturated carbocycles. The van der Waals surface area contributed by atoms with Crippen molar-refractivity contribution in [3.05, 3.63) is 100 Å². The molecule has 0 spiro atoms. The number of thiophene rings is 1. The van der Waals surface area contributed by atoms with Crippen LogP contribution in [0.4, 0.5) is 17.2 Å². The third kappa shape index (κ3) is 4.17. The number of carbonyl (C=O) groups is 2. The van der Waals surface area contributed by atoms with Crippen LogP contribution in [-0.2, 0) is 11.2 Å². The summed E-state index contributed by atoms with van der Waals surface area (Å²) in [5, 5.41) is 17.5. The minimum Gasteiger partial charge on any atom is -0.344 e. The number of rotatable bonds is 6. The summed E-state index contributed by atoms with van der Waals surface area (Å²) in [5.74, 6) is 0.387. The molecule has 1 aliphatic heterocycles. The van der Waals surface area contributed by atoms with Crippen molar-refractivity contribution in [1.29, 1.82) is 0 Å². The van der Waals surface area contributed by atoms with Crippen LogP contribution in [0.15, 0.2) is 78.4 Å². The van der Waals surface area contributed by atoms with Gasteiger partial charge in [0.05, 0.1) is 10.5 Å². The number of fused-ring (bicyclic) bond motifs is 1. The Bertz CT molecular complexity index is 1290. The Hall–Kier alpha value is -4.17. The molecule has 1 aliphatic rings. The molecule has 2 aromatic heterocycles. The molecule has 5 rings (SSSR count). The van der Waals surface area contributed by atoms with Gasteiger partial charge >= 0.3 is 0 Å². The summed E-state index contributed by atoms with van der Waals surface area (Å²) in [6, 6.07) is 19.2. The van der Waals surface area contributed by atoms with E-state index in [2.05, 4.69) is 26.1 Å². The Kier molecular flexibility index (Phi) is 5.27. The molecular formula is C24H19N5O2S. The highest BCUT2D eigenvalue weighted by molar-refractivity contribution is 7.12. The van der Waals surface area contributed by atoms with Crippen LogP contribution in [0, 0.1) is 0 Å². The lowest BCUT2D eigenvalue weighted by Crippen LogP contribution is -2.09. The molecule has 0 bridgehead atoms. The lowest BCUT2D eigenvalue weighted by Gasteiger charge is -2.08. The van der Waals surface area contributed by atoms with E-state index >= 15 is 0 Å². The highest BCUT2D eigenvalue weighted by atomic mass is 32.1. The summed E-state index contributed by atoms with van der Waals surface area (Å²) >= 11 is 1.41. The van der Waals surface area contributed by atoms with Gasteiger partial charge in [-0.25, -0.2) is 0 Å². The van der Waals surface area contributed by atoms with Crippen LogP contribution in [0.3, 0.4) is 0 Å². The van der Waals surface area contributed by atoms with E-state index < -0.39 is 0 Å².